The number of hydrogen-bond acceptors (Lipinski definition) is 4. The fourth-order valence-corrected chi connectivity index (χ4v) is 5.60. The van der Waals surface area contributed by atoms with Crippen LogP contribution in [0.15, 0.2) is 66.7 Å². The van der Waals surface area contributed by atoms with E-state index in [0.29, 0.717) is 12.8 Å². The number of nitrogens with one attached hydrogen (secondary N) is 1. The summed E-state index contributed by atoms with van der Waals surface area (Å²) in [7, 11) is -4.76. The normalized spacial score (nSPS) is 12.6. The van der Waals surface area contributed by atoms with Crippen LogP contribution < -0.4 is 15.1 Å². The van der Waals surface area contributed by atoms with E-state index in [9.17, 15) is 19.1 Å². The topological polar surface area (TPSA) is 92.3 Å². The number of carbonyl (C=O) groups is 1. The van der Waals surface area contributed by atoms with E-state index in [1.54, 1.807) is 0 Å². The second kappa shape index (κ2) is 19.8. The van der Waals surface area contributed by atoms with Gasteiger partial charge in [-0.05, 0) is 61.4 Å². The Morgan fingerprint density at radius 1 is 0.769 bits per heavy atom. The van der Waals surface area contributed by atoms with Crippen LogP contribution in [0.1, 0.15) is 102 Å². The van der Waals surface area contributed by atoms with Gasteiger partial charge in [0.25, 0.3) is 0 Å². The van der Waals surface area contributed by atoms with Crippen LogP contribution in [0.5, 0.6) is 0 Å². The minimum atomic E-state index is -4.76. The first-order valence-electron chi connectivity index (χ1n) is 15.0. The molecule has 0 fully saturated rings. The maximum Gasteiger partial charge on any atom is 0.220 e. The number of benzene rings is 2. The van der Waals surface area contributed by atoms with Gasteiger partial charge in [-0.25, -0.2) is 0 Å². The molecule has 0 aliphatic heterocycles. The molecule has 216 valence electrons. The quantitative estimate of drug-likeness (QED) is 0.0995. The molecule has 0 saturated carbocycles. The monoisotopic (exact) mass is 553 g/mol. The highest BCUT2D eigenvalue weighted by molar-refractivity contribution is 7.48. The van der Waals surface area contributed by atoms with Crippen LogP contribution in [0.4, 0.5) is 0 Å². The lowest BCUT2D eigenvalue weighted by atomic mass is 10.0. The zero-order valence-electron chi connectivity index (χ0n) is 23.8. The highest BCUT2D eigenvalue weighted by Crippen LogP contribution is 2.26. The van der Waals surface area contributed by atoms with Crippen molar-refractivity contribution in [2.45, 2.75) is 109 Å². The standard InChI is InChI=1S/C33H50NO4P/c1-2-3-4-5-6-7-8-9-10-11-12-13-14-15-19-22-33(35)34-32(28-39(36,37)38)27-29-23-25-31(26-24-29)30-20-17-16-18-21-30/h9-10,16-18,20-21,23-26,32H,2-8,11-15,19,22,27-28H2,1H3,(H,34,35)(H2,36,37,38)/p-2/b10-9-/t32-/m1/s1. The number of hydrogen-bond donors (Lipinski definition) is 1. The molecule has 0 saturated heterocycles. The van der Waals surface area contributed by atoms with Crippen LogP contribution in [0, 0.1) is 0 Å². The van der Waals surface area contributed by atoms with E-state index in [-0.39, 0.29) is 5.91 Å². The SMILES string of the molecule is CCCCCCCC/C=C\CCCCCCCC(=O)N[C@H](Cc1ccc(-c2ccccc2)cc1)CP(=O)([O-])[O-]. The average molecular weight is 554 g/mol. The van der Waals surface area contributed by atoms with E-state index in [0.717, 1.165) is 48.8 Å². The van der Waals surface area contributed by atoms with E-state index < -0.39 is 19.8 Å². The first-order valence-corrected chi connectivity index (χ1v) is 16.7. The summed E-state index contributed by atoms with van der Waals surface area (Å²) in [5, 5.41) is 2.80. The predicted molar refractivity (Wildman–Crippen MR) is 159 cm³/mol. The summed E-state index contributed by atoms with van der Waals surface area (Å²) >= 11 is 0. The number of amides is 1. The van der Waals surface area contributed by atoms with E-state index in [2.05, 4.69) is 24.4 Å². The molecule has 2 rings (SSSR count). The minimum Gasteiger partial charge on any atom is -0.811 e. The summed E-state index contributed by atoms with van der Waals surface area (Å²) in [4.78, 5) is 35.4. The predicted octanol–water partition coefficient (Wildman–Crippen LogP) is 7.33. The van der Waals surface area contributed by atoms with Gasteiger partial charge in [-0.1, -0.05) is 133 Å². The molecule has 2 aromatic rings. The van der Waals surface area contributed by atoms with Gasteiger partial charge < -0.3 is 19.7 Å². The molecule has 1 N–H and O–H groups in total. The molecule has 5 nitrogen and oxygen atoms in total. The van der Waals surface area contributed by atoms with E-state index in [1.807, 2.05) is 54.6 Å². The van der Waals surface area contributed by atoms with Crippen molar-refractivity contribution >= 4 is 13.5 Å². The van der Waals surface area contributed by atoms with Crippen LogP contribution in [0.2, 0.25) is 0 Å². The Hall–Kier alpha value is -2.20. The van der Waals surface area contributed by atoms with Gasteiger partial charge in [-0.2, -0.15) is 0 Å². The van der Waals surface area contributed by atoms with Gasteiger partial charge in [0.1, 0.15) is 0 Å². The maximum atomic E-state index is 12.5. The van der Waals surface area contributed by atoms with Crippen LogP contribution in [0.25, 0.3) is 11.1 Å². The van der Waals surface area contributed by atoms with E-state index in [1.165, 1.54) is 51.4 Å². The van der Waals surface area contributed by atoms with Crippen LogP contribution in [-0.2, 0) is 15.8 Å². The minimum absolute atomic E-state index is 0.188. The lowest BCUT2D eigenvalue weighted by molar-refractivity contribution is -0.313. The molecule has 0 heterocycles. The summed E-state index contributed by atoms with van der Waals surface area (Å²) in [5.41, 5.74) is 3.04. The molecular formula is C33H48NO4P-2. The summed E-state index contributed by atoms with van der Waals surface area (Å²) in [6.07, 6.45) is 20.2. The van der Waals surface area contributed by atoms with Gasteiger partial charge in [-0.3, -0.25) is 4.79 Å². The average Bonchev–Trinajstić information content (AvgIpc) is 2.91. The van der Waals surface area contributed by atoms with Gasteiger partial charge in [0, 0.05) is 12.5 Å². The number of unbranched alkanes of at least 4 members (excludes halogenated alkanes) is 11. The fraction of sp³-hybridized carbons (Fsp3) is 0.545. The Bertz CT molecular complexity index is 985. The van der Waals surface area contributed by atoms with Crippen molar-refractivity contribution in [1.29, 1.82) is 0 Å². The molecule has 39 heavy (non-hydrogen) atoms. The van der Waals surface area contributed by atoms with E-state index >= 15 is 0 Å². The molecule has 0 spiro atoms. The summed E-state index contributed by atoms with van der Waals surface area (Å²) in [5.74, 6) is -0.188. The third kappa shape index (κ3) is 16.5. The smallest absolute Gasteiger partial charge is 0.220 e. The van der Waals surface area contributed by atoms with Crippen molar-refractivity contribution in [3.8, 4) is 11.1 Å². The zero-order valence-corrected chi connectivity index (χ0v) is 24.7. The molecule has 0 aromatic heterocycles. The number of rotatable bonds is 21. The molecule has 0 unspecified atom stereocenters. The van der Waals surface area contributed by atoms with Crippen molar-refractivity contribution in [1.82, 2.24) is 5.32 Å². The first-order chi connectivity index (χ1) is 18.9. The fourth-order valence-electron chi connectivity index (χ4n) is 4.84. The third-order valence-electron chi connectivity index (χ3n) is 7.02. The van der Waals surface area contributed by atoms with Crippen molar-refractivity contribution < 1.29 is 19.1 Å². The Morgan fingerprint density at radius 3 is 1.90 bits per heavy atom. The highest BCUT2D eigenvalue weighted by atomic mass is 31.2. The summed E-state index contributed by atoms with van der Waals surface area (Å²) < 4.78 is 11.5. The third-order valence-corrected chi connectivity index (χ3v) is 7.91. The van der Waals surface area contributed by atoms with Crippen molar-refractivity contribution in [3.05, 3.63) is 72.3 Å². The second-order valence-electron chi connectivity index (χ2n) is 10.7. The van der Waals surface area contributed by atoms with Crippen molar-refractivity contribution in [2.75, 3.05) is 6.16 Å². The first kappa shape index (κ1) is 33.0. The molecule has 0 radical (unpaired) electrons. The second-order valence-corrected chi connectivity index (χ2v) is 12.2. The molecule has 0 bridgehead atoms. The van der Waals surface area contributed by atoms with Gasteiger partial charge >= 0.3 is 0 Å². The Labute approximate surface area is 236 Å². The molecule has 0 aliphatic carbocycles. The summed E-state index contributed by atoms with van der Waals surface area (Å²) in [6, 6.07) is 17.0. The largest absolute Gasteiger partial charge is 0.811 e. The van der Waals surface area contributed by atoms with Gasteiger partial charge in [0.15, 0.2) is 0 Å². The maximum absolute atomic E-state index is 12.5. The molecule has 0 aliphatic rings. The molecular weight excluding hydrogens is 505 g/mol. The van der Waals surface area contributed by atoms with E-state index in [4.69, 9.17) is 0 Å². The molecule has 6 heteroatoms. The number of allylic oxidation sites excluding steroid dienone is 2. The van der Waals surface area contributed by atoms with Gasteiger partial charge in [0.2, 0.25) is 5.91 Å². The Morgan fingerprint density at radius 2 is 1.31 bits per heavy atom. The molecule has 1 amide bonds. The van der Waals surface area contributed by atoms with Gasteiger partial charge in [0.05, 0.1) is 0 Å². The van der Waals surface area contributed by atoms with Crippen LogP contribution in [0.3, 0.4) is 0 Å². The lowest BCUT2D eigenvalue weighted by Gasteiger charge is -2.34. The number of carbonyl (C=O) groups excluding carboxylic acids is 1. The summed E-state index contributed by atoms with van der Waals surface area (Å²) in [6.45, 7) is 2.25. The Kier molecular flexibility index (Phi) is 16.8. The van der Waals surface area contributed by atoms with Gasteiger partial charge in [-0.15, -0.1) is 0 Å². The Balaban J connectivity index is 1.62. The zero-order chi connectivity index (χ0) is 28.2. The van der Waals surface area contributed by atoms with Crippen LogP contribution in [-0.4, -0.2) is 18.1 Å². The highest BCUT2D eigenvalue weighted by Gasteiger charge is 2.15. The van der Waals surface area contributed by atoms with Crippen molar-refractivity contribution in [3.63, 3.8) is 0 Å². The molecule has 2 aromatic carbocycles. The lowest BCUT2D eigenvalue weighted by Crippen LogP contribution is -2.41. The van der Waals surface area contributed by atoms with Crippen LogP contribution >= 0.6 is 7.60 Å². The molecule has 1 atom stereocenters. The van der Waals surface area contributed by atoms with Crippen molar-refractivity contribution in [2.24, 2.45) is 0 Å².